The standard InChI is InChI=1S/C21H19N3OS/c1-3-12-24-20(18-11-13-25-15(18)2)22-23-21(24)26-14-17-9-6-8-16-7-4-5-10-19(16)17/h3-11,13H,1,12,14H2,2H3. The van der Waals surface area contributed by atoms with Gasteiger partial charge in [0.25, 0.3) is 0 Å². The number of benzene rings is 2. The molecule has 0 unspecified atom stereocenters. The van der Waals surface area contributed by atoms with Gasteiger partial charge in [0.15, 0.2) is 11.0 Å². The van der Waals surface area contributed by atoms with Crippen molar-refractivity contribution in [2.75, 3.05) is 0 Å². The van der Waals surface area contributed by atoms with Crippen LogP contribution in [-0.2, 0) is 12.3 Å². The predicted octanol–water partition coefficient (Wildman–Crippen LogP) is 5.48. The molecule has 0 aliphatic heterocycles. The van der Waals surface area contributed by atoms with Crippen LogP contribution in [0.1, 0.15) is 11.3 Å². The zero-order valence-corrected chi connectivity index (χ0v) is 15.4. The first kappa shape index (κ1) is 16.7. The van der Waals surface area contributed by atoms with Crippen LogP contribution in [0.2, 0.25) is 0 Å². The molecule has 0 fully saturated rings. The van der Waals surface area contributed by atoms with Crippen LogP contribution in [0.25, 0.3) is 22.2 Å². The minimum absolute atomic E-state index is 0.658. The zero-order chi connectivity index (χ0) is 17.9. The molecule has 26 heavy (non-hydrogen) atoms. The van der Waals surface area contributed by atoms with Crippen LogP contribution in [0.4, 0.5) is 0 Å². The Kier molecular flexibility index (Phi) is 4.63. The molecule has 0 bridgehead atoms. The second-order valence-electron chi connectivity index (χ2n) is 6.02. The number of hydrogen-bond acceptors (Lipinski definition) is 4. The van der Waals surface area contributed by atoms with Gasteiger partial charge < -0.3 is 4.42 Å². The van der Waals surface area contributed by atoms with Gasteiger partial charge in [-0.1, -0.05) is 60.3 Å². The Morgan fingerprint density at radius 1 is 1.12 bits per heavy atom. The molecule has 4 aromatic rings. The molecule has 2 aromatic heterocycles. The van der Waals surface area contributed by atoms with Gasteiger partial charge in [-0.25, -0.2) is 0 Å². The molecule has 0 saturated heterocycles. The first-order valence-electron chi connectivity index (χ1n) is 8.46. The van der Waals surface area contributed by atoms with Gasteiger partial charge in [-0.05, 0) is 29.3 Å². The van der Waals surface area contributed by atoms with Crippen molar-refractivity contribution in [2.45, 2.75) is 24.4 Å². The monoisotopic (exact) mass is 361 g/mol. The van der Waals surface area contributed by atoms with Gasteiger partial charge in [-0.3, -0.25) is 4.57 Å². The van der Waals surface area contributed by atoms with Gasteiger partial charge in [0.05, 0.1) is 11.8 Å². The highest BCUT2D eigenvalue weighted by atomic mass is 32.2. The Morgan fingerprint density at radius 2 is 1.96 bits per heavy atom. The van der Waals surface area contributed by atoms with E-state index in [2.05, 4.69) is 63.8 Å². The summed E-state index contributed by atoms with van der Waals surface area (Å²) in [7, 11) is 0. The zero-order valence-electron chi connectivity index (χ0n) is 14.6. The van der Waals surface area contributed by atoms with Crippen LogP contribution in [0, 0.1) is 6.92 Å². The van der Waals surface area contributed by atoms with E-state index >= 15 is 0 Å². The normalized spacial score (nSPS) is 11.1. The Morgan fingerprint density at radius 3 is 2.77 bits per heavy atom. The van der Waals surface area contributed by atoms with E-state index in [-0.39, 0.29) is 0 Å². The van der Waals surface area contributed by atoms with E-state index in [0.717, 1.165) is 28.1 Å². The fourth-order valence-corrected chi connectivity index (χ4v) is 4.02. The summed E-state index contributed by atoms with van der Waals surface area (Å²) in [6.45, 7) is 6.46. The molecular formula is C21H19N3OS. The Labute approximate surface area is 156 Å². The van der Waals surface area contributed by atoms with Gasteiger partial charge in [-0.15, -0.1) is 16.8 Å². The van der Waals surface area contributed by atoms with Gasteiger partial charge in [-0.2, -0.15) is 0 Å². The molecule has 4 rings (SSSR count). The van der Waals surface area contributed by atoms with Crippen molar-refractivity contribution in [1.29, 1.82) is 0 Å². The Bertz CT molecular complexity index is 1060. The van der Waals surface area contributed by atoms with E-state index < -0.39 is 0 Å². The highest BCUT2D eigenvalue weighted by Crippen LogP contribution is 2.30. The number of furan rings is 1. The molecule has 5 heteroatoms. The molecular weight excluding hydrogens is 342 g/mol. The van der Waals surface area contributed by atoms with Crippen LogP contribution < -0.4 is 0 Å². The van der Waals surface area contributed by atoms with Gasteiger partial charge >= 0.3 is 0 Å². The molecule has 0 radical (unpaired) electrons. The summed E-state index contributed by atoms with van der Waals surface area (Å²) in [5, 5.41) is 12.2. The number of aromatic nitrogens is 3. The van der Waals surface area contributed by atoms with E-state index in [9.17, 15) is 0 Å². The fourth-order valence-electron chi connectivity index (χ4n) is 3.07. The highest BCUT2D eigenvalue weighted by Gasteiger charge is 2.17. The summed E-state index contributed by atoms with van der Waals surface area (Å²) in [5.74, 6) is 2.49. The predicted molar refractivity (Wildman–Crippen MR) is 106 cm³/mol. The van der Waals surface area contributed by atoms with Crippen LogP contribution >= 0.6 is 11.8 Å². The molecule has 0 amide bonds. The smallest absolute Gasteiger partial charge is 0.192 e. The molecule has 2 heterocycles. The van der Waals surface area contributed by atoms with E-state index in [1.165, 1.54) is 16.3 Å². The van der Waals surface area contributed by atoms with Crippen molar-refractivity contribution in [3.8, 4) is 11.4 Å². The highest BCUT2D eigenvalue weighted by molar-refractivity contribution is 7.98. The van der Waals surface area contributed by atoms with E-state index in [4.69, 9.17) is 4.42 Å². The van der Waals surface area contributed by atoms with E-state index in [1.54, 1.807) is 18.0 Å². The van der Waals surface area contributed by atoms with Gasteiger partial charge in [0, 0.05) is 12.3 Å². The topological polar surface area (TPSA) is 43.9 Å². The first-order valence-corrected chi connectivity index (χ1v) is 9.44. The lowest BCUT2D eigenvalue weighted by atomic mass is 10.1. The maximum atomic E-state index is 5.43. The number of fused-ring (bicyclic) bond motifs is 1. The molecule has 4 nitrogen and oxygen atoms in total. The third-order valence-corrected chi connectivity index (χ3v) is 5.38. The average molecular weight is 361 g/mol. The summed E-state index contributed by atoms with van der Waals surface area (Å²) >= 11 is 1.69. The maximum absolute atomic E-state index is 5.43. The molecule has 0 atom stereocenters. The SMILES string of the molecule is C=CCn1c(SCc2cccc3ccccc23)nnc1-c1ccoc1C. The summed E-state index contributed by atoms with van der Waals surface area (Å²) < 4.78 is 7.51. The van der Waals surface area contributed by atoms with E-state index in [1.807, 2.05) is 19.1 Å². The van der Waals surface area contributed by atoms with Crippen molar-refractivity contribution in [2.24, 2.45) is 0 Å². The van der Waals surface area contributed by atoms with Crippen LogP contribution in [0.3, 0.4) is 0 Å². The number of hydrogen-bond donors (Lipinski definition) is 0. The van der Waals surface area contributed by atoms with Crippen LogP contribution in [0.15, 0.2) is 77.0 Å². The molecule has 0 spiro atoms. The maximum Gasteiger partial charge on any atom is 0.192 e. The lowest BCUT2D eigenvalue weighted by molar-refractivity contribution is 0.534. The molecule has 2 aromatic carbocycles. The molecule has 0 aliphatic carbocycles. The molecule has 130 valence electrons. The van der Waals surface area contributed by atoms with Crippen molar-refractivity contribution in [1.82, 2.24) is 14.8 Å². The van der Waals surface area contributed by atoms with Crippen LogP contribution in [-0.4, -0.2) is 14.8 Å². The number of allylic oxidation sites excluding steroid dienone is 1. The second kappa shape index (κ2) is 7.22. The fraction of sp³-hybridized carbons (Fsp3) is 0.143. The number of nitrogens with zero attached hydrogens (tertiary/aromatic N) is 3. The third kappa shape index (κ3) is 3.06. The Balaban J connectivity index is 1.65. The van der Waals surface area contributed by atoms with Crippen LogP contribution in [0.5, 0.6) is 0 Å². The third-order valence-electron chi connectivity index (χ3n) is 4.36. The lowest BCUT2D eigenvalue weighted by Crippen LogP contribution is -2.01. The Hall–Kier alpha value is -2.79. The summed E-state index contributed by atoms with van der Waals surface area (Å²) in [4.78, 5) is 0. The van der Waals surface area contributed by atoms with Crippen molar-refractivity contribution in [3.63, 3.8) is 0 Å². The summed E-state index contributed by atoms with van der Waals surface area (Å²) in [6.07, 6.45) is 3.55. The minimum atomic E-state index is 0.658. The van der Waals surface area contributed by atoms with Crippen molar-refractivity contribution < 1.29 is 4.42 Å². The average Bonchev–Trinajstić information content (AvgIpc) is 3.26. The van der Waals surface area contributed by atoms with Crippen molar-refractivity contribution >= 4 is 22.5 Å². The molecule has 0 saturated carbocycles. The molecule has 0 aliphatic rings. The van der Waals surface area contributed by atoms with Crippen molar-refractivity contribution in [3.05, 3.63) is 78.8 Å². The number of aryl methyl sites for hydroxylation is 1. The summed E-state index contributed by atoms with van der Waals surface area (Å²) in [6, 6.07) is 16.8. The second-order valence-corrected chi connectivity index (χ2v) is 6.97. The van der Waals surface area contributed by atoms with Gasteiger partial charge in [0.1, 0.15) is 5.76 Å². The number of thioether (sulfide) groups is 1. The lowest BCUT2D eigenvalue weighted by Gasteiger charge is -2.08. The first-order chi connectivity index (χ1) is 12.8. The number of rotatable bonds is 6. The van der Waals surface area contributed by atoms with E-state index in [0.29, 0.717) is 6.54 Å². The summed E-state index contributed by atoms with van der Waals surface area (Å²) in [5.41, 5.74) is 2.26. The largest absolute Gasteiger partial charge is 0.469 e. The molecule has 0 N–H and O–H groups in total. The quantitative estimate of drug-likeness (QED) is 0.337. The minimum Gasteiger partial charge on any atom is -0.469 e. The van der Waals surface area contributed by atoms with Gasteiger partial charge in [0.2, 0.25) is 0 Å².